The molecule has 2 rings (SSSR count). The van der Waals surface area contributed by atoms with Crippen LogP contribution in [0.2, 0.25) is 0 Å². The first-order valence-corrected chi connectivity index (χ1v) is 6.61. The third kappa shape index (κ3) is 3.25. The molecule has 1 atom stereocenters. The van der Waals surface area contributed by atoms with Crippen LogP contribution in [-0.2, 0) is 0 Å². The van der Waals surface area contributed by atoms with Crippen LogP contribution in [0, 0.1) is 5.41 Å². The summed E-state index contributed by atoms with van der Waals surface area (Å²) in [6.45, 7) is 4.42. The van der Waals surface area contributed by atoms with Crippen LogP contribution in [0.3, 0.4) is 0 Å². The van der Waals surface area contributed by atoms with Crippen LogP contribution in [0.4, 0.5) is 4.79 Å². The van der Waals surface area contributed by atoms with Crippen LogP contribution < -0.4 is 10.1 Å². The Balaban J connectivity index is 1.91. The van der Waals surface area contributed by atoms with Gasteiger partial charge in [-0.1, -0.05) is 44.9 Å². The summed E-state index contributed by atoms with van der Waals surface area (Å²) in [5.74, 6) is 0.587. The van der Waals surface area contributed by atoms with Crippen LogP contribution in [-0.4, -0.2) is 12.1 Å². The van der Waals surface area contributed by atoms with E-state index in [-0.39, 0.29) is 17.6 Å². The van der Waals surface area contributed by atoms with Gasteiger partial charge in [0.25, 0.3) is 0 Å². The van der Waals surface area contributed by atoms with Crippen LogP contribution in [0.1, 0.15) is 39.5 Å². The molecule has 1 aliphatic rings. The average Bonchev–Trinajstić information content (AvgIpc) is 2.33. The molecule has 18 heavy (non-hydrogen) atoms. The molecule has 1 aliphatic carbocycles. The molecule has 0 bridgehead atoms. The van der Waals surface area contributed by atoms with Crippen LogP contribution in [0.5, 0.6) is 5.75 Å². The van der Waals surface area contributed by atoms with Crippen molar-refractivity contribution < 1.29 is 9.53 Å². The number of amides is 1. The summed E-state index contributed by atoms with van der Waals surface area (Å²) in [6.07, 6.45) is 4.28. The summed E-state index contributed by atoms with van der Waals surface area (Å²) in [4.78, 5) is 11.8. The van der Waals surface area contributed by atoms with Gasteiger partial charge in [-0.05, 0) is 30.4 Å². The first-order valence-electron chi connectivity index (χ1n) is 6.61. The molecule has 1 fully saturated rings. The molecule has 98 valence electrons. The Morgan fingerprint density at radius 3 is 2.67 bits per heavy atom. The predicted octanol–water partition coefficient (Wildman–Crippen LogP) is 3.74. The fourth-order valence-electron chi connectivity index (χ4n) is 2.53. The number of carbonyl (C=O) groups is 1. The van der Waals surface area contributed by atoms with Crippen LogP contribution in [0.25, 0.3) is 0 Å². The van der Waals surface area contributed by atoms with Gasteiger partial charge < -0.3 is 10.1 Å². The quantitative estimate of drug-likeness (QED) is 0.864. The normalized spacial score (nSPS) is 22.2. The Morgan fingerprint density at radius 1 is 1.28 bits per heavy atom. The minimum atomic E-state index is -0.346. The fourth-order valence-corrected chi connectivity index (χ4v) is 2.53. The molecular formula is C15H21NO2. The molecule has 0 aromatic heterocycles. The minimum Gasteiger partial charge on any atom is -0.410 e. The molecule has 0 saturated heterocycles. The standard InChI is InChI=1S/C15H21NO2/c1-15(2)11-7-6-10-13(15)16-14(17)18-12-8-4-3-5-9-12/h3-5,8-9,13H,6-7,10-11H2,1-2H3,(H,16,17). The largest absolute Gasteiger partial charge is 0.412 e. The van der Waals surface area contributed by atoms with E-state index in [0.717, 1.165) is 12.8 Å². The van der Waals surface area contributed by atoms with Crippen molar-refractivity contribution in [1.29, 1.82) is 0 Å². The number of ether oxygens (including phenoxy) is 1. The molecule has 0 spiro atoms. The average molecular weight is 247 g/mol. The predicted molar refractivity (Wildman–Crippen MR) is 71.6 cm³/mol. The van der Waals surface area contributed by atoms with Crippen molar-refractivity contribution in [2.24, 2.45) is 5.41 Å². The summed E-state index contributed by atoms with van der Waals surface area (Å²) >= 11 is 0. The van der Waals surface area contributed by atoms with E-state index >= 15 is 0 Å². The van der Waals surface area contributed by atoms with Gasteiger partial charge in [0.1, 0.15) is 5.75 Å². The Hall–Kier alpha value is -1.51. The third-order valence-electron chi connectivity index (χ3n) is 3.75. The first kappa shape index (κ1) is 12.9. The molecule has 1 saturated carbocycles. The molecule has 0 heterocycles. The van der Waals surface area contributed by atoms with E-state index in [4.69, 9.17) is 4.74 Å². The Labute approximate surface area is 109 Å². The Morgan fingerprint density at radius 2 is 2.00 bits per heavy atom. The summed E-state index contributed by atoms with van der Waals surface area (Å²) in [6, 6.07) is 9.38. The zero-order valence-electron chi connectivity index (χ0n) is 11.1. The smallest absolute Gasteiger partial charge is 0.410 e. The lowest BCUT2D eigenvalue weighted by molar-refractivity contribution is 0.147. The van der Waals surface area contributed by atoms with Gasteiger partial charge in [-0.2, -0.15) is 0 Å². The molecule has 0 radical (unpaired) electrons. The van der Waals surface area contributed by atoms with Crippen molar-refractivity contribution in [3.8, 4) is 5.75 Å². The monoisotopic (exact) mass is 247 g/mol. The highest BCUT2D eigenvalue weighted by atomic mass is 16.6. The molecule has 1 aromatic rings. The zero-order valence-corrected chi connectivity index (χ0v) is 11.1. The second-order valence-electron chi connectivity index (χ2n) is 5.63. The van der Waals surface area contributed by atoms with E-state index in [2.05, 4.69) is 19.2 Å². The highest BCUT2D eigenvalue weighted by Gasteiger charge is 2.33. The van der Waals surface area contributed by atoms with Gasteiger partial charge in [-0.25, -0.2) is 4.79 Å². The lowest BCUT2D eigenvalue weighted by Gasteiger charge is -2.38. The van der Waals surface area contributed by atoms with Crippen molar-refractivity contribution in [2.45, 2.75) is 45.6 Å². The van der Waals surface area contributed by atoms with Crippen molar-refractivity contribution in [2.75, 3.05) is 0 Å². The van der Waals surface area contributed by atoms with Gasteiger partial charge in [0.2, 0.25) is 0 Å². The highest BCUT2D eigenvalue weighted by Crippen LogP contribution is 2.35. The zero-order chi connectivity index (χ0) is 13.0. The second kappa shape index (κ2) is 5.42. The second-order valence-corrected chi connectivity index (χ2v) is 5.63. The molecule has 1 N–H and O–H groups in total. The van der Waals surface area contributed by atoms with Gasteiger partial charge in [0.15, 0.2) is 0 Å². The summed E-state index contributed by atoms with van der Waals surface area (Å²) < 4.78 is 5.26. The van der Waals surface area contributed by atoms with Gasteiger partial charge in [-0.3, -0.25) is 0 Å². The van der Waals surface area contributed by atoms with Gasteiger partial charge in [0.05, 0.1) is 0 Å². The van der Waals surface area contributed by atoms with Crippen molar-refractivity contribution in [3.63, 3.8) is 0 Å². The number of rotatable bonds is 2. The van der Waals surface area contributed by atoms with Gasteiger partial charge in [0, 0.05) is 6.04 Å². The first-order chi connectivity index (χ1) is 8.58. The number of hydrogen-bond donors (Lipinski definition) is 1. The van der Waals surface area contributed by atoms with Crippen LogP contribution >= 0.6 is 0 Å². The van der Waals surface area contributed by atoms with E-state index in [0.29, 0.717) is 5.75 Å². The van der Waals surface area contributed by atoms with Gasteiger partial charge >= 0.3 is 6.09 Å². The fraction of sp³-hybridized carbons (Fsp3) is 0.533. The minimum absolute atomic E-state index is 0.161. The number of nitrogens with one attached hydrogen (secondary N) is 1. The molecule has 3 nitrogen and oxygen atoms in total. The summed E-state index contributed by atoms with van der Waals surface area (Å²) in [5, 5.41) is 3.00. The van der Waals surface area contributed by atoms with Crippen molar-refractivity contribution in [1.82, 2.24) is 5.32 Å². The summed E-state index contributed by atoms with van der Waals surface area (Å²) in [7, 11) is 0. The van der Waals surface area contributed by atoms with Gasteiger partial charge in [-0.15, -0.1) is 0 Å². The molecular weight excluding hydrogens is 226 g/mol. The maximum Gasteiger partial charge on any atom is 0.412 e. The maximum absolute atomic E-state index is 11.8. The van der Waals surface area contributed by atoms with E-state index in [1.807, 2.05) is 18.2 Å². The van der Waals surface area contributed by atoms with E-state index in [1.54, 1.807) is 12.1 Å². The summed E-state index contributed by atoms with van der Waals surface area (Å²) in [5.41, 5.74) is 0.161. The number of hydrogen-bond acceptors (Lipinski definition) is 2. The van der Waals surface area contributed by atoms with Crippen molar-refractivity contribution >= 4 is 6.09 Å². The third-order valence-corrected chi connectivity index (χ3v) is 3.75. The maximum atomic E-state index is 11.8. The highest BCUT2D eigenvalue weighted by molar-refractivity contribution is 5.70. The molecule has 0 aliphatic heterocycles. The Bertz CT molecular complexity index is 400. The molecule has 1 amide bonds. The topological polar surface area (TPSA) is 38.3 Å². The lowest BCUT2D eigenvalue weighted by atomic mass is 9.73. The molecule has 1 aromatic carbocycles. The number of para-hydroxylation sites is 1. The van der Waals surface area contributed by atoms with Crippen LogP contribution in [0.15, 0.2) is 30.3 Å². The van der Waals surface area contributed by atoms with E-state index in [1.165, 1.54) is 12.8 Å². The van der Waals surface area contributed by atoms with E-state index in [9.17, 15) is 4.79 Å². The number of carbonyl (C=O) groups excluding carboxylic acids is 1. The van der Waals surface area contributed by atoms with E-state index < -0.39 is 0 Å². The Kier molecular flexibility index (Phi) is 3.90. The lowest BCUT2D eigenvalue weighted by Crippen LogP contribution is -2.47. The number of benzene rings is 1. The molecule has 3 heteroatoms. The molecule has 1 unspecified atom stereocenters. The SMILES string of the molecule is CC1(C)CCCCC1NC(=O)Oc1ccccc1. The van der Waals surface area contributed by atoms with Crippen molar-refractivity contribution in [3.05, 3.63) is 30.3 Å².